The van der Waals surface area contributed by atoms with Crippen LogP contribution in [0, 0.1) is 5.92 Å². The second-order valence-electron chi connectivity index (χ2n) is 3.82. The van der Waals surface area contributed by atoms with Gasteiger partial charge in [0.05, 0.1) is 0 Å². The number of hydrogen-bond donors (Lipinski definition) is 1. The van der Waals surface area contributed by atoms with Crippen LogP contribution in [0.3, 0.4) is 0 Å². The standard InChI is InChI=1S/C12H17NO/c1-9(2)12(14)7-10-3-5-11(8-13)6-4-10/h3-6,9H,7-8,13H2,1-2H3. The number of carbonyl (C=O) groups is 1. The molecule has 2 N–H and O–H groups in total. The van der Waals surface area contributed by atoms with E-state index in [9.17, 15) is 4.79 Å². The van der Waals surface area contributed by atoms with Gasteiger partial charge in [-0.3, -0.25) is 4.79 Å². The Morgan fingerprint density at radius 2 is 1.71 bits per heavy atom. The highest BCUT2D eigenvalue weighted by atomic mass is 16.1. The number of rotatable bonds is 4. The van der Waals surface area contributed by atoms with E-state index in [1.54, 1.807) is 0 Å². The zero-order valence-corrected chi connectivity index (χ0v) is 8.79. The van der Waals surface area contributed by atoms with E-state index in [1.165, 1.54) is 0 Å². The minimum Gasteiger partial charge on any atom is -0.326 e. The molecule has 0 saturated heterocycles. The maximum Gasteiger partial charge on any atom is 0.139 e. The molecule has 0 aliphatic carbocycles. The van der Waals surface area contributed by atoms with E-state index in [-0.39, 0.29) is 11.7 Å². The van der Waals surface area contributed by atoms with E-state index in [1.807, 2.05) is 38.1 Å². The molecule has 0 heterocycles. The molecule has 2 nitrogen and oxygen atoms in total. The van der Waals surface area contributed by atoms with E-state index in [4.69, 9.17) is 5.73 Å². The Bertz CT molecular complexity index is 301. The van der Waals surface area contributed by atoms with Gasteiger partial charge in [-0.2, -0.15) is 0 Å². The minimum absolute atomic E-state index is 0.115. The van der Waals surface area contributed by atoms with Crippen molar-refractivity contribution in [2.24, 2.45) is 11.7 Å². The minimum atomic E-state index is 0.115. The first-order valence-electron chi connectivity index (χ1n) is 4.94. The van der Waals surface area contributed by atoms with Crippen LogP contribution in [0.1, 0.15) is 25.0 Å². The summed E-state index contributed by atoms with van der Waals surface area (Å²) in [6.45, 7) is 4.41. The van der Waals surface area contributed by atoms with Crippen molar-refractivity contribution < 1.29 is 4.79 Å². The maximum atomic E-state index is 11.4. The predicted octanol–water partition coefficient (Wildman–Crippen LogP) is 1.91. The molecule has 0 saturated carbocycles. The van der Waals surface area contributed by atoms with E-state index in [0.717, 1.165) is 11.1 Å². The number of ketones is 1. The molecule has 0 amide bonds. The maximum absolute atomic E-state index is 11.4. The zero-order chi connectivity index (χ0) is 10.6. The second-order valence-corrected chi connectivity index (χ2v) is 3.82. The molecule has 0 spiro atoms. The molecule has 0 fully saturated rings. The third-order valence-electron chi connectivity index (χ3n) is 2.28. The van der Waals surface area contributed by atoms with Crippen molar-refractivity contribution in [1.82, 2.24) is 0 Å². The van der Waals surface area contributed by atoms with E-state index in [2.05, 4.69) is 0 Å². The Hall–Kier alpha value is -1.15. The summed E-state index contributed by atoms with van der Waals surface area (Å²) in [5.41, 5.74) is 7.66. The lowest BCUT2D eigenvalue weighted by Gasteiger charge is -2.04. The molecule has 0 radical (unpaired) electrons. The number of Topliss-reactive ketones (excluding diaryl/α,β-unsaturated/α-hetero) is 1. The molecule has 76 valence electrons. The number of carbonyl (C=O) groups excluding carboxylic acids is 1. The Kier molecular flexibility index (Phi) is 3.84. The first-order valence-corrected chi connectivity index (χ1v) is 4.94. The first-order chi connectivity index (χ1) is 6.63. The van der Waals surface area contributed by atoms with Crippen LogP contribution in [-0.4, -0.2) is 5.78 Å². The molecule has 0 unspecified atom stereocenters. The normalized spacial score (nSPS) is 10.6. The molecule has 0 aromatic heterocycles. The van der Waals surface area contributed by atoms with Crippen LogP contribution >= 0.6 is 0 Å². The van der Waals surface area contributed by atoms with E-state index in [0.29, 0.717) is 13.0 Å². The molecule has 1 rings (SSSR count). The third-order valence-corrected chi connectivity index (χ3v) is 2.28. The lowest BCUT2D eigenvalue weighted by molar-refractivity contribution is -0.121. The van der Waals surface area contributed by atoms with Gasteiger partial charge >= 0.3 is 0 Å². The van der Waals surface area contributed by atoms with E-state index < -0.39 is 0 Å². The highest BCUT2D eigenvalue weighted by Crippen LogP contribution is 2.07. The van der Waals surface area contributed by atoms with Gasteiger partial charge in [0.1, 0.15) is 5.78 Å². The van der Waals surface area contributed by atoms with Crippen LogP contribution in [-0.2, 0) is 17.8 Å². The predicted molar refractivity (Wildman–Crippen MR) is 57.9 cm³/mol. The largest absolute Gasteiger partial charge is 0.326 e. The zero-order valence-electron chi connectivity index (χ0n) is 8.79. The van der Waals surface area contributed by atoms with Gasteiger partial charge in [-0.1, -0.05) is 38.1 Å². The van der Waals surface area contributed by atoms with Crippen molar-refractivity contribution in [3.63, 3.8) is 0 Å². The summed E-state index contributed by atoms with van der Waals surface area (Å²) >= 11 is 0. The molecule has 0 aliphatic rings. The third kappa shape index (κ3) is 2.96. The molecule has 1 aromatic rings. The molecular weight excluding hydrogens is 174 g/mol. The number of nitrogens with two attached hydrogens (primary N) is 1. The van der Waals surface area contributed by atoms with Gasteiger partial charge in [0.25, 0.3) is 0 Å². The number of benzene rings is 1. The molecule has 2 heteroatoms. The van der Waals surface area contributed by atoms with Gasteiger partial charge in [-0.05, 0) is 11.1 Å². The summed E-state index contributed by atoms with van der Waals surface area (Å²) in [5, 5.41) is 0. The lowest BCUT2D eigenvalue weighted by atomic mass is 10.0. The highest BCUT2D eigenvalue weighted by molar-refractivity contribution is 5.82. The van der Waals surface area contributed by atoms with Gasteiger partial charge in [0.15, 0.2) is 0 Å². The molecule has 0 atom stereocenters. The van der Waals surface area contributed by atoms with Crippen molar-refractivity contribution >= 4 is 5.78 Å². The fraction of sp³-hybridized carbons (Fsp3) is 0.417. The van der Waals surface area contributed by atoms with Crippen molar-refractivity contribution in [1.29, 1.82) is 0 Å². The topological polar surface area (TPSA) is 43.1 Å². The summed E-state index contributed by atoms with van der Waals surface area (Å²) in [7, 11) is 0. The van der Waals surface area contributed by atoms with Gasteiger partial charge in [0, 0.05) is 18.9 Å². The fourth-order valence-electron chi connectivity index (χ4n) is 1.20. The SMILES string of the molecule is CC(C)C(=O)Cc1ccc(CN)cc1. The average molecular weight is 191 g/mol. The Balaban J connectivity index is 2.64. The summed E-state index contributed by atoms with van der Waals surface area (Å²) in [6.07, 6.45) is 0.530. The van der Waals surface area contributed by atoms with Crippen molar-refractivity contribution in [3.05, 3.63) is 35.4 Å². The van der Waals surface area contributed by atoms with Gasteiger partial charge in [0.2, 0.25) is 0 Å². The van der Waals surface area contributed by atoms with Crippen LogP contribution in [0.2, 0.25) is 0 Å². The Morgan fingerprint density at radius 1 is 1.21 bits per heavy atom. The van der Waals surface area contributed by atoms with E-state index >= 15 is 0 Å². The quantitative estimate of drug-likeness (QED) is 0.790. The average Bonchev–Trinajstić information content (AvgIpc) is 2.19. The molecule has 14 heavy (non-hydrogen) atoms. The molecule has 0 bridgehead atoms. The van der Waals surface area contributed by atoms with Crippen LogP contribution in [0.25, 0.3) is 0 Å². The molecular formula is C12H17NO. The summed E-state index contributed by atoms with van der Waals surface area (Å²) < 4.78 is 0. The second kappa shape index (κ2) is 4.91. The van der Waals surface area contributed by atoms with Crippen molar-refractivity contribution in [2.75, 3.05) is 0 Å². The van der Waals surface area contributed by atoms with Gasteiger partial charge in [-0.15, -0.1) is 0 Å². The molecule has 0 aliphatic heterocycles. The lowest BCUT2D eigenvalue weighted by Crippen LogP contribution is -2.10. The van der Waals surface area contributed by atoms with Crippen molar-refractivity contribution in [2.45, 2.75) is 26.8 Å². The van der Waals surface area contributed by atoms with Gasteiger partial charge in [-0.25, -0.2) is 0 Å². The van der Waals surface area contributed by atoms with Crippen LogP contribution in [0.5, 0.6) is 0 Å². The summed E-state index contributed by atoms with van der Waals surface area (Å²) in [5.74, 6) is 0.398. The number of hydrogen-bond acceptors (Lipinski definition) is 2. The van der Waals surface area contributed by atoms with Crippen molar-refractivity contribution in [3.8, 4) is 0 Å². The van der Waals surface area contributed by atoms with Crippen LogP contribution in [0.4, 0.5) is 0 Å². The monoisotopic (exact) mass is 191 g/mol. The first kappa shape index (κ1) is 10.9. The fourth-order valence-corrected chi connectivity index (χ4v) is 1.20. The Labute approximate surface area is 85.1 Å². The summed E-state index contributed by atoms with van der Waals surface area (Å²) in [6, 6.07) is 7.90. The smallest absolute Gasteiger partial charge is 0.139 e. The molecule has 1 aromatic carbocycles. The Morgan fingerprint density at radius 3 is 2.14 bits per heavy atom. The summed E-state index contributed by atoms with van der Waals surface area (Å²) in [4.78, 5) is 11.4. The van der Waals surface area contributed by atoms with Gasteiger partial charge < -0.3 is 5.73 Å². The highest BCUT2D eigenvalue weighted by Gasteiger charge is 2.07. The van der Waals surface area contributed by atoms with Crippen LogP contribution < -0.4 is 5.73 Å². The van der Waals surface area contributed by atoms with Crippen LogP contribution in [0.15, 0.2) is 24.3 Å².